The van der Waals surface area contributed by atoms with Gasteiger partial charge >= 0.3 is 0 Å². The van der Waals surface area contributed by atoms with E-state index in [1.807, 2.05) is 36.4 Å². The van der Waals surface area contributed by atoms with E-state index < -0.39 is 27.3 Å². The molecule has 0 aliphatic carbocycles. The number of hydrogen-bond acceptors (Lipinski definition) is 6. The van der Waals surface area contributed by atoms with Gasteiger partial charge in [0.1, 0.15) is 6.04 Å². The van der Waals surface area contributed by atoms with Crippen molar-refractivity contribution < 1.29 is 22.8 Å². The maximum atomic E-state index is 13.9. The van der Waals surface area contributed by atoms with Gasteiger partial charge in [0.05, 0.1) is 9.82 Å². The third kappa shape index (κ3) is 5.57. The smallest absolute Gasteiger partial charge is 0.269 e. The van der Waals surface area contributed by atoms with E-state index in [1.165, 1.54) is 42.8 Å². The van der Waals surface area contributed by atoms with Gasteiger partial charge in [-0.3, -0.25) is 10.1 Å². The molecule has 0 radical (unpaired) electrons. The zero-order valence-electron chi connectivity index (χ0n) is 18.9. The second kappa shape index (κ2) is 11.2. The van der Waals surface area contributed by atoms with Crippen LogP contribution in [0.15, 0.2) is 96.4 Å². The average molecular weight is 483 g/mol. The molecule has 9 heteroatoms. The van der Waals surface area contributed by atoms with Gasteiger partial charge in [-0.05, 0) is 28.8 Å². The highest BCUT2D eigenvalue weighted by Crippen LogP contribution is 2.34. The average Bonchev–Trinajstić information content (AvgIpc) is 2.87. The Bertz CT molecular complexity index is 1210. The van der Waals surface area contributed by atoms with Crippen LogP contribution in [0.3, 0.4) is 0 Å². The molecule has 0 amide bonds. The van der Waals surface area contributed by atoms with Gasteiger partial charge in [0.15, 0.2) is 6.29 Å². The molecule has 3 aromatic rings. The number of nitro benzene ring substituents is 1. The van der Waals surface area contributed by atoms with Gasteiger partial charge < -0.3 is 9.47 Å². The molecule has 0 bridgehead atoms. The first-order valence-electron chi connectivity index (χ1n) is 10.4. The monoisotopic (exact) mass is 482 g/mol. The van der Waals surface area contributed by atoms with Crippen molar-refractivity contribution in [3.8, 4) is 0 Å². The Hall–Kier alpha value is -3.37. The maximum absolute atomic E-state index is 13.9. The Morgan fingerprint density at radius 2 is 1.47 bits per heavy atom. The molecule has 0 aliphatic heterocycles. The normalized spacial score (nSPS) is 12.6. The molecule has 0 saturated heterocycles. The van der Waals surface area contributed by atoms with Crippen LogP contribution in [0.1, 0.15) is 17.2 Å². The number of non-ortho nitro benzene ring substituents is 1. The van der Waals surface area contributed by atoms with Crippen LogP contribution in [0.25, 0.3) is 5.57 Å². The van der Waals surface area contributed by atoms with Crippen molar-refractivity contribution in [3.63, 3.8) is 0 Å². The van der Waals surface area contributed by atoms with Gasteiger partial charge in [0, 0.05) is 32.9 Å². The minimum absolute atomic E-state index is 0.0634. The van der Waals surface area contributed by atoms with Gasteiger partial charge in [-0.15, -0.1) is 0 Å². The SMILES string of the molecule is C=C(CN(C(c1ccccc1)C(OC)OC)S(=O)(=O)c1ccc([N+](=O)[O-])cc1)c1ccccc1. The number of nitrogens with zero attached hydrogens (tertiary/aromatic N) is 2. The van der Waals surface area contributed by atoms with E-state index in [1.54, 1.807) is 24.3 Å². The number of benzene rings is 3. The van der Waals surface area contributed by atoms with Crippen molar-refractivity contribution in [1.29, 1.82) is 0 Å². The fraction of sp³-hybridized carbons (Fsp3) is 0.200. The summed E-state index contributed by atoms with van der Waals surface area (Å²) in [5.41, 5.74) is 1.80. The van der Waals surface area contributed by atoms with E-state index in [-0.39, 0.29) is 17.1 Å². The second-order valence-corrected chi connectivity index (χ2v) is 9.36. The van der Waals surface area contributed by atoms with Gasteiger partial charge in [0.2, 0.25) is 10.0 Å². The summed E-state index contributed by atoms with van der Waals surface area (Å²) < 4.78 is 40.2. The van der Waals surface area contributed by atoms with E-state index in [4.69, 9.17) is 9.47 Å². The predicted molar refractivity (Wildman–Crippen MR) is 129 cm³/mol. The quantitative estimate of drug-likeness (QED) is 0.224. The number of methoxy groups -OCH3 is 2. The Morgan fingerprint density at radius 3 is 1.97 bits per heavy atom. The highest BCUT2D eigenvalue weighted by atomic mass is 32.2. The van der Waals surface area contributed by atoms with E-state index in [0.29, 0.717) is 11.1 Å². The second-order valence-electron chi connectivity index (χ2n) is 7.47. The molecule has 1 unspecified atom stereocenters. The van der Waals surface area contributed by atoms with Crippen molar-refractivity contribution in [3.05, 3.63) is 113 Å². The number of hydrogen-bond donors (Lipinski definition) is 0. The van der Waals surface area contributed by atoms with Crippen LogP contribution in [0.4, 0.5) is 5.69 Å². The lowest BCUT2D eigenvalue weighted by Gasteiger charge is -2.35. The molecular formula is C25H26N2O6S. The van der Waals surface area contributed by atoms with E-state index in [9.17, 15) is 18.5 Å². The zero-order valence-corrected chi connectivity index (χ0v) is 19.7. The molecule has 1 atom stereocenters. The Balaban J connectivity index is 2.15. The topological polar surface area (TPSA) is 99.0 Å². The summed E-state index contributed by atoms with van der Waals surface area (Å²) in [4.78, 5) is 10.4. The molecule has 0 heterocycles. The van der Waals surface area contributed by atoms with Crippen LogP contribution >= 0.6 is 0 Å². The lowest BCUT2D eigenvalue weighted by Crippen LogP contribution is -2.43. The largest absolute Gasteiger partial charge is 0.354 e. The summed E-state index contributed by atoms with van der Waals surface area (Å²) in [6.45, 7) is 4.06. The highest BCUT2D eigenvalue weighted by Gasteiger charge is 2.38. The van der Waals surface area contributed by atoms with Crippen molar-refractivity contribution in [2.24, 2.45) is 0 Å². The minimum Gasteiger partial charge on any atom is -0.354 e. The molecule has 0 N–H and O–H groups in total. The molecule has 3 rings (SSSR count). The van der Waals surface area contributed by atoms with Crippen LogP contribution < -0.4 is 0 Å². The van der Waals surface area contributed by atoms with Gasteiger partial charge in [0.25, 0.3) is 5.69 Å². The standard InChI is InChI=1S/C25H26N2O6S/c1-19(20-10-6-4-7-11-20)18-26(24(25(32-2)33-3)21-12-8-5-9-13-21)34(30,31)23-16-14-22(15-17-23)27(28)29/h4-17,24-25H,1,18H2,2-3H3. The Morgan fingerprint density at radius 1 is 0.941 bits per heavy atom. The van der Waals surface area contributed by atoms with Crippen molar-refractivity contribution in [1.82, 2.24) is 4.31 Å². The molecule has 8 nitrogen and oxygen atoms in total. The summed E-state index contributed by atoms with van der Waals surface area (Å²) in [6, 6.07) is 22.2. The third-order valence-electron chi connectivity index (χ3n) is 5.36. The van der Waals surface area contributed by atoms with Gasteiger partial charge in [-0.25, -0.2) is 8.42 Å². The highest BCUT2D eigenvalue weighted by molar-refractivity contribution is 7.89. The van der Waals surface area contributed by atoms with Crippen molar-refractivity contribution in [2.45, 2.75) is 17.2 Å². The third-order valence-corrected chi connectivity index (χ3v) is 7.20. The minimum atomic E-state index is -4.17. The van der Waals surface area contributed by atoms with E-state index >= 15 is 0 Å². The molecule has 0 aromatic heterocycles. The zero-order chi connectivity index (χ0) is 24.7. The Labute approximate surface area is 199 Å². The maximum Gasteiger partial charge on any atom is 0.269 e. The molecule has 34 heavy (non-hydrogen) atoms. The Kier molecular flexibility index (Phi) is 8.30. The fourth-order valence-corrected chi connectivity index (χ4v) is 5.22. The van der Waals surface area contributed by atoms with Crippen LogP contribution in [-0.4, -0.2) is 44.7 Å². The number of sulfonamides is 1. The van der Waals surface area contributed by atoms with Crippen LogP contribution in [0, 0.1) is 10.1 Å². The number of ether oxygens (including phenoxy) is 2. The molecular weight excluding hydrogens is 456 g/mol. The fourth-order valence-electron chi connectivity index (χ4n) is 3.62. The lowest BCUT2D eigenvalue weighted by molar-refractivity contribution is -0.384. The first-order valence-corrected chi connectivity index (χ1v) is 11.8. The molecule has 0 fully saturated rings. The van der Waals surface area contributed by atoms with Crippen LogP contribution in [-0.2, 0) is 19.5 Å². The summed E-state index contributed by atoms with van der Waals surface area (Å²) in [5, 5.41) is 11.1. The van der Waals surface area contributed by atoms with E-state index in [0.717, 1.165) is 5.56 Å². The summed E-state index contributed by atoms with van der Waals surface area (Å²) >= 11 is 0. The molecule has 0 spiro atoms. The van der Waals surface area contributed by atoms with Gasteiger partial charge in [-0.2, -0.15) is 4.31 Å². The first kappa shape index (κ1) is 25.3. The first-order chi connectivity index (χ1) is 16.3. The lowest BCUT2D eigenvalue weighted by atomic mass is 10.0. The number of nitro groups is 1. The molecule has 0 aliphatic rings. The van der Waals surface area contributed by atoms with Crippen LogP contribution in [0.2, 0.25) is 0 Å². The molecule has 3 aromatic carbocycles. The number of rotatable bonds is 11. The molecule has 0 saturated carbocycles. The van der Waals surface area contributed by atoms with Crippen molar-refractivity contribution in [2.75, 3.05) is 20.8 Å². The summed E-state index contributed by atoms with van der Waals surface area (Å²) in [7, 11) is -1.29. The summed E-state index contributed by atoms with van der Waals surface area (Å²) in [6.07, 6.45) is -0.932. The summed E-state index contributed by atoms with van der Waals surface area (Å²) in [5.74, 6) is 0. The van der Waals surface area contributed by atoms with Crippen LogP contribution in [0.5, 0.6) is 0 Å². The van der Waals surface area contributed by atoms with E-state index in [2.05, 4.69) is 6.58 Å². The predicted octanol–water partition coefficient (Wildman–Crippen LogP) is 4.66. The molecule has 178 valence electrons. The van der Waals surface area contributed by atoms with Crippen molar-refractivity contribution >= 4 is 21.3 Å². The van der Waals surface area contributed by atoms with Gasteiger partial charge in [-0.1, -0.05) is 67.2 Å².